The number of likely N-dealkylation sites (N-methyl/N-ethyl adjacent to an activating group) is 1. The van der Waals surface area contributed by atoms with Gasteiger partial charge in [-0.15, -0.1) is 0 Å². The van der Waals surface area contributed by atoms with Crippen molar-refractivity contribution in [2.24, 2.45) is 0 Å². The molecule has 0 aliphatic carbocycles. The molecule has 1 rings (SSSR count). The quantitative estimate of drug-likeness (QED) is 0.736. The summed E-state index contributed by atoms with van der Waals surface area (Å²) in [5.74, 6) is 1.41. The zero-order valence-corrected chi connectivity index (χ0v) is 12.7. The van der Waals surface area contributed by atoms with Gasteiger partial charge in [0.05, 0.1) is 20.8 Å². The minimum Gasteiger partial charge on any atom is -0.493 e. The molecule has 112 valence electrons. The molecule has 0 unspecified atom stereocenters. The predicted molar refractivity (Wildman–Crippen MR) is 79.2 cm³/mol. The average Bonchev–Trinajstić information content (AvgIpc) is 2.46. The number of hydrogen-bond donors (Lipinski definition) is 1. The number of hydrogen-bond acceptors (Lipinski definition) is 4. The summed E-state index contributed by atoms with van der Waals surface area (Å²) in [6, 6.07) is 5.67. The largest absolute Gasteiger partial charge is 0.493 e. The predicted octanol–water partition coefficient (Wildman–Crippen LogP) is 1.66. The van der Waals surface area contributed by atoms with Crippen LogP contribution in [0.3, 0.4) is 0 Å². The van der Waals surface area contributed by atoms with E-state index in [1.165, 1.54) is 0 Å². The fraction of sp³-hybridized carbons (Fsp3) is 0.533. The zero-order valence-electron chi connectivity index (χ0n) is 12.7. The van der Waals surface area contributed by atoms with Crippen LogP contribution < -0.4 is 14.8 Å². The lowest BCUT2D eigenvalue weighted by molar-refractivity contribution is -0.129. The van der Waals surface area contributed by atoms with E-state index in [2.05, 4.69) is 12.2 Å². The van der Waals surface area contributed by atoms with Gasteiger partial charge in [0.25, 0.3) is 0 Å². The number of benzene rings is 1. The number of nitrogens with zero attached hydrogens (tertiary/aromatic N) is 1. The Kier molecular flexibility index (Phi) is 6.87. The molecular formula is C15H24N2O3. The Balaban J connectivity index is 2.70. The highest BCUT2D eigenvalue weighted by molar-refractivity contribution is 5.78. The Morgan fingerprint density at radius 2 is 2.05 bits per heavy atom. The monoisotopic (exact) mass is 280 g/mol. The number of rotatable bonds is 8. The molecule has 1 amide bonds. The molecule has 0 saturated heterocycles. The number of para-hydroxylation sites is 1. The van der Waals surface area contributed by atoms with Gasteiger partial charge in [-0.2, -0.15) is 0 Å². The molecule has 0 aromatic heterocycles. The highest BCUT2D eigenvalue weighted by Crippen LogP contribution is 2.31. The molecule has 0 radical (unpaired) electrons. The van der Waals surface area contributed by atoms with Crippen molar-refractivity contribution in [1.82, 2.24) is 10.2 Å². The first-order valence-corrected chi connectivity index (χ1v) is 6.78. The molecule has 0 atom stereocenters. The van der Waals surface area contributed by atoms with E-state index in [4.69, 9.17) is 9.47 Å². The van der Waals surface area contributed by atoms with E-state index in [1.807, 2.05) is 18.2 Å². The third-order valence-corrected chi connectivity index (χ3v) is 3.02. The van der Waals surface area contributed by atoms with Crippen molar-refractivity contribution in [3.63, 3.8) is 0 Å². The summed E-state index contributed by atoms with van der Waals surface area (Å²) >= 11 is 0. The third-order valence-electron chi connectivity index (χ3n) is 3.02. The van der Waals surface area contributed by atoms with Gasteiger partial charge in [0.15, 0.2) is 11.5 Å². The summed E-state index contributed by atoms with van der Waals surface area (Å²) in [7, 11) is 4.99. The Hall–Kier alpha value is -1.75. The molecule has 0 heterocycles. The van der Waals surface area contributed by atoms with Crippen LogP contribution in [-0.2, 0) is 11.3 Å². The standard InChI is InChI=1S/C15H24N2O3/c1-5-9-16-10-14(18)17(2)11-12-7-6-8-13(19-3)15(12)20-4/h6-8,16H,5,9-11H2,1-4H3. The van der Waals surface area contributed by atoms with Crippen molar-refractivity contribution in [3.8, 4) is 11.5 Å². The molecule has 0 saturated carbocycles. The molecule has 0 bridgehead atoms. The van der Waals surface area contributed by atoms with Crippen LogP contribution in [0.1, 0.15) is 18.9 Å². The molecule has 0 spiro atoms. The SMILES string of the molecule is CCCNCC(=O)N(C)Cc1cccc(OC)c1OC. The number of nitrogens with one attached hydrogen (secondary N) is 1. The van der Waals surface area contributed by atoms with E-state index < -0.39 is 0 Å². The van der Waals surface area contributed by atoms with Gasteiger partial charge in [-0.1, -0.05) is 19.1 Å². The second kappa shape index (κ2) is 8.43. The summed E-state index contributed by atoms with van der Waals surface area (Å²) < 4.78 is 10.6. The first-order chi connectivity index (χ1) is 9.63. The normalized spacial score (nSPS) is 10.2. The van der Waals surface area contributed by atoms with Crippen LogP contribution >= 0.6 is 0 Å². The second-order valence-corrected chi connectivity index (χ2v) is 4.58. The van der Waals surface area contributed by atoms with E-state index in [0.29, 0.717) is 24.6 Å². The van der Waals surface area contributed by atoms with Crippen LogP contribution in [0.2, 0.25) is 0 Å². The molecule has 0 fully saturated rings. The second-order valence-electron chi connectivity index (χ2n) is 4.58. The highest BCUT2D eigenvalue weighted by atomic mass is 16.5. The maximum Gasteiger partial charge on any atom is 0.236 e. The maximum absolute atomic E-state index is 12.0. The molecule has 5 heteroatoms. The van der Waals surface area contributed by atoms with Gasteiger partial charge >= 0.3 is 0 Å². The van der Waals surface area contributed by atoms with Crippen molar-refractivity contribution in [2.45, 2.75) is 19.9 Å². The molecule has 20 heavy (non-hydrogen) atoms. The maximum atomic E-state index is 12.0. The van der Waals surface area contributed by atoms with Gasteiger partial charge in [-0.3, -0.25) is 4.79 Å². The van der Waals surface area contributed by atoms with E-state index in [0.717, 1.165) is 18.5 Å². The van der Waals surface area contributed by atoms with Crippen molar-refractivity contribution >= 4 is 5.91 Å². The van der Waals surface area contributed by atoms with Crippen LogP contribution in [-0.4, -0.2) is 45.2 Å². The van der Waals surface area contributed by atoms with Crippen molar-refractivity contribution in [2.75, 3.05) is 34.4 Å². The molecule has 1 N–H and O–H groups in total. The summed E-state index contributed by atoms with van der Waals surface area (Å²) in [6.45, 7) is 3.77. The van der Waals surface area contributed by atoms with Crippen molar-refractivity contribution < 1.29 is 14.3 Å². The van der Waals surface area contributed by atoms with Crippen LogP contribution in [0.4, 0.5) is 0 Å². The Bertz CT molecular complexity index is 435. The van der Waals surface area contributed by atoms with Crippen molar-refractivity contribution in [1.29, 1.82) is 0 Å². The number of carbonyl (C=O) groups excluding carboxylic acids is 1. The van der Waals surface area contributed by atoms with Gasteiger partial charge in [0.2, 0.25) is 5.91 Å². The molecule has 1 aromatic rings. The van der Waals surface area contributed by atoms with Crippen LogP contribution in [0, 0.1) is 0 Å². The summed E-state index contributed by atoms with van der Waals surface area (Å²) in [5, 5.41) is 3.11. The first-order valence-electron chi connectivity index (χ1n) is 6.78. The fourth-order valence-corrected chi connectivity index (χ4v) is 1.93. The topological polar surface area (TPSA) is 50.8 Å². The summed E-state index contributed by atoms with van der Waals surface area (Å²) in [5.41, 5.74) is 0.929. The van der Waals surface area contributed by atoms with Gasteiger partial charge in [-0.05, 0) is 19.0 Å². The number of ether oxygens (including phenoxy) is 2. The zero-order chi connectivity index (χ0) is 15.0. The third kappa shape index (κ3) is 4.42. The van der Waals surface area contributed by atoms with Crippen LogP contribution in [0.5, 0.6) is 11.5 Å². The molecule has 5 nitrogen and oxygen atoms in total. The molecule has 0 aliphatic rings. The van der Waals surface area contributed by atoms with E-state index in [1.54, 1.807) is 26.2 Å². The summed E-state index contributed by atoms with van der Waals surface area (Å²) in [6.07, 6.45) is 1.01. The van der Waals surface area contributed by atoms with Gasteiger partial charge < -0.3 is 19.7 Å². The minimum absolute atomic E-state index is 0.0586. The number of carbonyl (C=O) groups is 1. The summed E-state index contributed by atoms with van der Waals surface area (Å²) in [4.78, 5) is 13.6. The first kappa shape index (κ1) is 16.3. The Labute approximate surface area is 120 Å². The smallest absolute Gasteiger partial charge is 0.236 e. The van der Waals surface area contributed by atoms with Crippen molar-refractivity contribution in [3.05, 3.63) is 23.8 Å². The Morgan fingerprint density at radius 1 is 1.30 bits per heavy atom. The lowest BCUT2D eigenvalue weighted by Gasteiger charge is -2.20. The van der Waals surface area contributed by atoms with Gasteiger partial charge in [0, 0.05) is 19.2 Å². The van der Waals surface area contributed by atoms with E-state index >= 15 is 0 Å². The minimum atomic E-state index is 0.0586. The fourth-order valence-electron chi connectivity index (χ4n) is 1.93. The lowest BCUT2D eigenvalue weighted by atomic mass is 10.1. The number of amides is 1. The van der Waals surface area contributed by atoms with Gasteiger partial charge in [0.1, 0.15) is 0 Å². The van der Waals surface area contributed by atoms with E-state index in [-0.39, 0.29) is 5.91 Å². The van der Waals surface area contributed by atoms with E-state index in [9.17, 15) is 4.79 Å². The lowest BCUT2D eigenvalue weighted by Crippen LogP contribution is -2.35. The van der Waals surface area contributed by atoms with Crippen LogP contribution in [0.15, 0.2) is 18.2 Å². The highest BCUT2D eigenvalue weighted by Gasteiger charge is 2.14. The van der Waals surface area contributed by atoms with Gasteiger partial charge in [-0.25, -0.2) is 0 Å². The average molecular weight is 280 g/mol. The number of methoxy groups -OCH3 is 2. The molecular weight excluding hydrogens is 256 g/mol. The Morgan fingerprint density at radius 3 is 2.65 bits per heavy atom. The molecule has 1 aromatic carbocycles. The van der Waals surface area contributed by atoms with Crippen LogP contribution in [0.25, 0.3) is 0 Å². The molecule has 0 aliphatic heterocycles.